The molecule has 0 heterocycles. The van der Waals surface area contributed by atoms with Gasteiger partial charge in [0, 0.05) is 6.04 Å². The van der Waals surface area contributed by atoms with Gasteiger partial charge in [0.2, 0.25) is 5.91 Å². The van der Waals surface area contributed by atoms with Crippen LogP contribution in [-0.4, -0.2) is 35.1 Å². The summed E-state index contributed by atoms with van der Waals surface area (Å²) in [5.41, 5.74) is 4.94. The number of nitrogens with two attached hydrogens (primary N) is 1. The van der Waals surface area contributed by atoms with Crippen molar-refractivity contribution in [2.24, 2.45) is 17.6 Å². The van der Waals surface area contributed by atoms with Crippen molar-refractivity contribution in [1.82, 2.24) is 10.6 Å². The molecule has 19 heavy (non-hydrogen) atoms. The molecule has 1 rings (SSSR count). The van der Waals surface area contributed by atoms with Gasteiger partial charge in [-0.3, -0.25) is 4.79 Å². The van der Waals surface area contributed by atoms with E-state index in [1.165, 1.54) is 0 Å². The van der Waals surface area contributed by atoms with E-state index in [2.05, 4.69) is 24.5 Å². The van der Waals surface area contributed by atoms with Crippen LogP contribution in [0, 0.1) is 11.8 Å². The van der Waals surface area contributed by atoms with Gasteiger partial charge in [-0.1, -0.05) is 13.8 Å². The van der Waals surface area contributed by atoms with Gasteiger partial charge in [0.05, 0.1) is 6.42 Å². The summed E-state index contributed by atoms with van der Waals surface area (Å²) >= 11 is 0. The molecule has 5 N–H and O–H groups in total. The van der Waals surface area contributed by atoms with Gasteiger partial charge >= 0.3 is 12.0 Å². The van der Waals surface area contributed by atoms with E-state index in [1.54, 1.807) is 0 Å². The highest BCUT2D eigenvalue weighted by Gasteiger charge is 2.31. The van der Waals surface area contributed by atoms with Gasteiger partial charge in [-0.15, -0.1) is 0 Å². The van der Waals surface area contributed by atoms with Gasteiger partial charge in [0.1, 0.15) is 6.04 Å². The number of rotatable bonds is 5. The van der Waals surface area contributed by atoms with Crippen LogP contribution in [0.15, 0.2) is 0 Å². The predicted molar refractivity (Wildman–Crippen MR) is 68.3 cm³/mol. The summed E-state index contributed by atoms with van der Waals surface area (Å²) < 4.78 is 0. The van der Waals surface area contributed by atoms with E-state index in [-0.39, 0.29) is 6.04 Å². The largest absolute Gasteiger partial charge is 0.480 e. The monoisotopic (exact) mass is 271 g/mol. The number of carboxylic acids is 1. The Morgan fingerprint density at radius 1 is 1.32 bits per heavy atom. The molecule has 0 aromatic heterocycles. The van der Waals surface area contributed by atoms with Crippen LogP contribution in [0.1, 0.15) is 33.1 Å². The Balaban J connectivity index is 2.49. The first kappa shape index (κ1) is 15.3. The maximum Gasteiger partial charge on any atom is 0.326 e. The summed E-state index contributed by atoms with van der Waals surface area (Å²) in [5, 5.41) is 13.9. The Morgan fingerprint density at radius 3 is 2.37 bits per heavy atom. The molecular weight excluding hydrogens is 250 g/mol. The molecule has 7 nitrogen and oxygen atoms in total. The third kappa shape index (κ3) is 4.42. The summed E-state index contributed by atoms with van der Waals surface area (Å²) in [5.74, 6) is -1.16. The summed E-state index contributed by atoms with van der Waals surface area (Å²) in [4.78, 5) is 33.3. The van der Waals surface area contributed by atoms with Crippen molar-refractivity contribution in [2.45, 2.75) is 45.2 Å². The lowest BCUT2D eigenvalue weighted by molar-refractivity contribution is -0.140. The van der Waals surface area contributed by atoms with Crippen molar-refractivity contribution >= 4 is 17.9 Å². The van der Waals surface area contributed by atoms with Crippen LogP contribution < -0.4 is 16.4 Å². The molecule has 108 valence electrons. The second-order valence-corrected chi connectivity index (χ2v) is 5.20. The molecule has 3 amide bonds. The Labute approximate surface area is 111 Å². The number of hydrogen-bond donors (Lipinski definition) is 4. The van der Waals surface area contributed by atoms with E-state index in [1.807, 2.05) is 0 Å². The maximum atomic E-state index is 11.7. The van der Waals surface area contributed by atoms with Crippen LogP contribution in [0.3, 0.4) is 0 Å². The lowest BCUT2D eigenvalue weighted by Gasteiger charge is -2.21. The van der Waals surface area contributed by atoms with Crippen molar-refractivity contribution in [1.29, 1.82) is 0 Å². The van der Waals surface area contributed by atoms with E-state index >= 15 is 0 Å². The number of hydrogen-bond acceptors (Lipinski definition) is 3. The summed E-state index contributed by atoms with van der Waals surface area (Å²) in [6, 6.07) is -1.82. The number of carbonyl (C=O) groups is 3. The van der Waals surface area contributed by atoms with Gasteiger partial charge in [0.15, 0.2) is 0 Å². The molecule has 0 bridgehead atoms. The Kier molecular flexibility index (Phi) is 5.14. The van der Waals surface area contributed by atoms with Crippen molar-refractivity contribution in [3.8, 4) is 0 Å². The second kappa shape index (κ2) is 6.40. The minimum absolute atomic E-state index is 0.0398. The number of carbonyl (C=O) groups excluding carboxylic acids is 2. The molecule has 1 aliphatic rings. The average molecular weight is 271 g/mol. The van der Waals surface area contributed by atoms with Crippen molar-refractivity contribution < 1.29 is 19.5 Å². The molecule has 1 saturated carbocycles. The predicted octanol–water partition coefficient (Wildman–Crippen LogP) is 0.0488. The van der Waals surface area contributed by atoms with Crippen molar-refractivity contribution in [3.63, 3.8) is 0 Å². The van der Waals surface area contributed by atoms with Gasteiger partial charge in [-0.25, -0.2) is 9.59 Å². The van der Waals surface area contributed by atoms with Crippen LogP contribution in [0.2, 0.25) is 0 Å². The number of amides is 3. The quantitative estimate of drug-likeness (QED) is 0.564. The molecule has 0 aromatic carbocycles. The van der Waals surface area contributed by atoms with Crippen LogP contribution >= 0.6 is 0 Å². The second-order valence-electron chi connectivity index (χ2n) is 5.20. The highest BCUT2D eigenvalue weighted by molar-refractivity contribution is 5.87. The van der Waals surface area contributed by atoms with Gasteiger partial charge in [-0.2, -0.15) is 0 Å². The molecule has 7 heteroatoms. The fourth-order valence-corrected chi connectivity index (χ4v) is 2.34. The lowest BCUT2D eigenvalue weighted by Crippen LogP contribution is -2.50. The fourth-order valence-electron chi connectivity index (χ4n) is 2.34. The summed E-state index contributed by atoms with van der Waals surface area (Å²) in [6.07, 6.45) is 1.50. The minimum atomic E-state index is -1.29. The zero-order chi connectivity index (χ0) is 14.6. The Bertz CT molecular complexity index is 372. The highest BCUT2D eigenvalue weighted by Crippen LogP contribution is 2.30. The molecule has 3 unspecified atom stereocenters. The summed E-state index contributed by atoms with van der Waals surface area (Å²) in [6.45, 7) is 4.18. The van der Waals surface area contributed by atoms with Gasteiger partial charge in [-0.05, 0) is 24.7 Å². The van der Waals surface area contributed by atoms with Crippen LogP contribution in [0.5, 0.6) is 0 Å². The van der Waals surface area contributed by atoms with Gasteiger partial charge in [0.25, 0.3) is 0 Å². The topological polar surface area (TPSA) is 122 Å². The molecule has 0 aromatic rings. The smallest absolute Gasteiger partial charge is 0.326 e. The van der Waals surface area contributed by atoms with E-state index < -0.39 is 30.4 Å². The van der Waals surface area contributed by atoms with E-state index in [0.29, 0.717) is 11.8 Å². The van der Waals surface area contributed by atoms with Crippen molar-refractivity contribution in [2.75, 3.05) is 0 Å². The lowest BCUT2D eigenvalue weighted by atomic mass is 9.98. The SMILES string of the molecule is CC1CCC(NC(=O)N[C@H](CC(N)=O)C(=O)O)C1C. The number of nitrogens with one attached hydrogen (secondary N) is 2. The minimum Gasteiger partial charge on any atom is -0.480 e. The standard InChI is InChI=1S/C12H21N3O4/c1-6-3-4-8(7(6)2)14-12(19)15-9(11(17)18)5-10(13)16/h6-9H,3-5H2,1-2H3,(H2,13,16)(H,17,18)(H2,14,15,19)/t6?,7?,8?,9-/m1/s1. The number of aliphatic carboxylic acids is 1. The third-order valence-electron chi connectivity index (χ3n) is 3.79. The van der Waals surface area contributed by atoms with E-state index in [4.69, 9.17) is 10.8 Å². The molecule has 0 radical (unpaired) electrons. The van der Waals surface area contributed by atoms with Crippen LogP contribution in [0.25, 0.3) is 0 Å². The first-order valence-electron chi connectivity index (χ1n) is 6.39. The first-order valence-corrected chi connectivity index (χ1v) is 6.39. The Hall–Kier alpha value is -1.79. The average Bonchev–Trinajstić information content (AvgIpc) is 2.59. The highest BCUT2D eigenvalue weighted by atomic mass is 16.4. The van der Waals surface area contributed by atoms with Crippen molar-refractivity contribution in [3.05, 3.63) is 0 Å². The normalized spacial score (nSPS) is 27.6. The molecule has 0 aliphatic heterocycles. The number of carboxylic acid groups (broad SMARTS) is 1. The van der Waals surface area contributed by atoms with E-state index in [9.17, 15) is 14.4 Å². The molecular formula is C12H21N3O4. The number of primary amides is 1. The third-order valence-corrected chi connectivity index (χ3v) is 3.79. The molecule has 1 fully saturated rings. The zero-order valence-electron chi connectivity index (χ0n) is 11.2. The van der Waals surface area contributed by atoms with Crippen LogP contribution in [0.4, 0.5) is 4.79 Å². The Morgan fingerprint density at radius 2 is 1.95 bits per heavy atom. The van der Waals surface area contributed by atoms with Crippen LogP contribution in [-0.2, 0) is 9.59 Å². The van der Waals surface area contributed by atoms with Gasteiger partial charge < -0.3 is 21.5 Å². The summed E-state index contributed by atoms with van der Waals surface area (Å²) in [7, 11) is 0. The fraction of sp³-hybridized carbons (Fsp3) is 0.750. The van der Waals surface area contributed by atoms with E-state index in [0.717, 1.165) is 12.8 Å². The molecule has 0 spiro atoms. The molecule has 4 atom stereocenters. The molecule has 1 aliphatic carbocycles. The molecule has 0 saturated heterocycles. The zero-order valence-corrected chi connectivity index (χ0v) is 11.2. The first-order chi connectivity index (χ1) is 8.81. The number of urea groups is 1. The maximum absolute atomic E-state index is 11.7.